The first-order valence-corrected chi connectivity index (χ1v) is 8.63. The summed E-state index contributed by atoms with van der Waals surface area (Å²) < 4.78 is 47.0. The van der Waals surface area contributed by atoms with Crippen molar-refractivity contribution in [2.45, 2.75) is 30.8 Å². The minimum Gasteiger partial charge on any atom is -0.459 e. The summed E-state index contributed by atoms with van der Waals surface area (Å²) in [6.07, 6.45) is 0.696. The molecule has 0 radical (unpaired) electrons. The van der Waals surface area contributed by atoms with Crippen LogP contribution in [0.3, 0.4) is 0 Å². The van der Waals surface area contributed by atoms with E-state index in [4.69, 9.17) is 20.2 Å². The van der Waals surface area contributed by atoms with Crippen LogP contribution in [0, 0.1) is 12.7 Å². The SMILES string of the molecule is Cc1cc(S(=O)(=O)Cl)cc(C(=O)OC2CCOCC2)c1F. The van der Waals surface area contributed by atoms with E-state index in [9.17, 15) is 17.6 Å². The van der Waals surface area contributed by atoms with E-state index in [1.165, 1.54) is 6.92 Å². The first kappa shape index (κ1) is 16.2. The Balaban J connectivity index is 2.29. The maximum atomic E-state index is 14.0. The van der Waals surface area contributed by atoms with Crippen molar-refractivity contribution >= 4 is 25.7 Å². The van der Waals surface area contributed by atoms with Crippen LogP contribution in [0.5, 0.6) is 0 Å². The molecule has 1 aromatic carbocycles. The van der Waals surface area contributed by atoms with Gasteiger partial charge in [-0.2, -0.15) is 0 Å². The van der Waals surface area contributed by atoms with Crippen molar-refractivity contribution in [3.63, 3.8) is 0 Å². The van der Waals surface area contributed by atoms with Gasteiger partial charge in [0.15, 0.2) is 0 Å². The van der Waals surface area contributed by atoms with Gasteiger partial charge in [-0.25, -0.2) is 17.6 Å². The summed E-state index contributed by atoms with van der Waals surface area (Å²) in [7, 11) is 1.18. The van der Waals surface area contributed by atoms with E-state index in [-0.39, 0.29) is 16.6 Å². The first-order chi connectivity index (χ1) is 9.79. The van der Waals surface area contributed by atoms with Gasteiger partial charge in [0.25, 0.3) is 9.05 Å². The highest BCUT2D eigenvalue weighted by Crippen LogP contribution is 2.23. The molecule has 1 aliphatic heterocycles. The molecule has 0 saturated carbocycles. The van der Waals surface area contributed by atoms with Crippen LogP contribution in [-0.2, 0) is 18.5 Å². The summed E-state index contributed by atoms with van der Waals surface area (Å²) >= 11 is 0. The molecule has 1 fully saturated rings. The highest BCUT2D eigenvalue weighted by molar-refractivity contribution is 8.13. The zero-order valence-electron chi connectivity index (χ0n) is 11.3. The predicted molar refractivity (Wildman–Crippen MR) is 73.4 cm³/mol. The van der Waals surface area contributed by atoms with Crippen molar-refractivity contribution in [3.8, 4) is 0 Å². The smallest absolute Gasteiger partial charge is 0.341 e. The molecule has 5 nitrogen and oxygen atoms in total. The second-order valence-corrected chi connectivity index (χ2v) is 7.32. The molecule has 8 heteroatoms. The fraction of sp³-hybridized carbons (Fsp3) is 0.462. The number of halogens is 2. The molecule has 0 spiro atoms. The zero-order valence-corrected chi connectivity index (χ0v) is 12.8. The van der Waals surface area contributed by atoms with Gasteiger partial charge in [-0.15, -0.1) is 0 Å². The fourth-order valence-corrected chi connectivity index (χ4v) is 2.88. The summed E-state index contributed by atoms with van der Waals surface area (Å²) in [6.45, 7) is 2.29. The lowest BCUT2D eigenvalue weighted by atomic mass is 10.1. The molecule has 0 aliphatic carbocycles. The van der Waals surface area contributed by atoms with Crippen LogP contribution in [0.1, 0.15) is 28.8 Å². The summed E-state index contributed by atoms with van der Waals surface area (Å²) in [5, 5.41) is 0. The van der Waals surface area contributed by atoms with Crippen LogP contribution in [0.2, 0.25) is 0 Å². The van der Waals surface area contributed by atoms with Crippen molar-refractivity contribution in [3.05, 3.63) is 29.1 Å². The molecule has 0 unspecified atom stereocenters. The third-order valence-corrected chi connectivity index (χ3v) is 4.50. The summed E-state index contributed by atoms with van der Waals surface area (Å²) in [4.78, 5) is 11.7. The van der Waals surface area contributed by atoms with Crippen LogP contribution in [0.15, 0.2) is 17.0 Å². The normalized spacial score (nSPS) is 16.7. The van der Waals surface area contributed by atoms with Crippen LogP contribution in [-0.4, -0.2) is 33.7 Å². The van der Waals surface area contributed by atoms with Gasteiger partial charge in [-0.3, -0.25) is 0 Å². The van der Waals surface area contributed by atoms with E-state index in [2.05, 4.69) is 0 Å². The molecule has 2 rings (SSSR count). The largest absolute Gasteiger partial charge is 0.459 e. The number of aryl methyl sites for hydroxylation is 1. The Bertz CT molecular complexity index is 653. The molecule has 21 heavy (non-hydrogen) atoms. The molecule has 1 aromatic rings. The lowest BCUT2D eigenvalue weighted by Gasteiger charge is -2.22. The van der Waals surface area contributed by atoms with Gasteiger partial charge in [0.05, 0.1) is 23.7 Å². The third-order valence-electron chi connectivity index (χ3n) is 3.17. The van der Waals surface area contributed by atoms with Crippen LogP contribution in [0.4, 0.5) is 4.39 Å². The number of benzene rings is 1. The predicted octanol–water partition coefficient (Wildman–Crippen LogP) is 2.40. The monoisotopic (exact) mass is 336 g/mol. The van der Waals surface area contributed by atoms with Crippen LogP contribution < -0.4 is 0 Å². The summed E-state index contributed by atoms with van der Waals surface area (Å²) in [6, 6.07) is 1.97. The third kappa shape index (κ3) is 3.93. The molecule has 1 saturated heterocycles. The molecule has 0 N–H and O–H groups in total. The summed E-state index contributed by atoms with van der Waals surface area (Å²) in [5.41, 5.74) is -0.420. The van der Waals surface area contributed by atoms with Crippen molar-refractivity contribution in [2.75, 3.05) is 13.2 Å². The molecular weight excluding hydrogens is 323 g/mol. The Morgan fingerprint density at radius 2 is 2.00 bits per heavy atom. The molecule has 1 aliphatic rings. The van der Waals surface area contributed by atoms with E-state index >= 15 is 0 Å². The molecule has 0 amide bonds. The van der Waals surface area contributed by atoms with Crippen molar-refractivity contribution < 1.29 is 27.1 Å². The second kappa shape index (κ2) is 6.29. The highest BCUT2D eigenvalue weighted by atomic mass is 35.7. The first-order valence-electron chi connectivity index (χ1n) is 6.32. The standard InChI is InChI=1S/C13H14ClFO5S/c1-8-6-10(21(14,17)18)7-11(12(8)15)13(16)20-9-2-4-19-5-3-9/h6-7,9H,2-5H2,1H3. The Morgan fingerprint density at radius 3 is 2.57 bits per heavy atom. The number of ether oxygens (including phenoxy) is 2. The lowest BCUT2D eigenvalue weighted by molar-refractivity contribution is -0.0162. The summed E-state index contributed by atoms with van der Waals surface area (Å²) in [5.74, 6) is -1.71. The van der Waals surface area contributed by atoms with Gasteiger partial charge in [0, 0.05) is 23.5 Å². The molecule has 1 heterocycles. The topological polar surface area (TPSA) is 69.7 Å². The quantitative estimate of drug-likeness (QED) is 0.626. The Hall–Kier alpha value is -1.18. The fourth-order valence-electron chi connectivity index (χ4n) is 2.03. The minimum absolute atomic E-state index is 0.00986. The number of carbonyl (C=O) groups excluding carboxylic acids is 1. The molecule has 0 bridgehead atoms. The van der Waals surface area contributed by atoms with Crippen LogP contribution in [0.25, 0.3) is 0 Å². The van der Waals surface area contributed by atoms with E-state index in [0.717, 1.165) is 12.1 Å². The minimum atomic E-state index is -4.05. The average Bonchev–Trinajstić information content (AvgIpc) is 2.41. The number of rotatable bonds is 3. The maximum absolute atomic E-state index is 14.0. The maximum Gasteiger partial charge on any atom is 0.341 e. The van der Waals surface area contributed by atoms with Crippen molar-refractivity contribution in [1.29, 1.82) is 0 Å². The Labute approximate surface area is 126 Å². The number of hydrogen-bond acceptors (Lipinski definition) is 5. The van der Waals surface area contributed by atoms with Gasteiger partial charge in [0.1, 0.15) is 11.9 Å². The lowest BCUT2D eigenvalue weighted by Crippen LogP contribution is -2.26. The second-order valence-electron chi connectivity index (χ2n) is 4.76. The van der Waals surface area contributed by atoms with E-state index in [0.29, 0.717) is 26.1 Å². The van der Waals surface area contributed by atoms with Gasteiger partial charge in [0.2, 0.25) is 0 Å². The van der Waals surface area contributed by atoms with E-state index < -0.39 is 26.4 Å². The number of esters is 1. The molecule has 0 atom stereocenters. The zero-order chi connectivity index (χ0) is 15.6. The van der Waals surface area contributed by atoms with Crippen molar-refractivity contribution in [2.24, 2.45) is 0 Å². The molecule has 0 aromatic heterocycles. The number of carbonyl (C=O) groups is 1. The van der Waals surface area contributed by atoms with E-state index in [1.807, 2.05) is 0 Å². The van der Waals surface area contributed by atoms with Gasteiger partial charge in [-0.05, 0) is 24.6 Å². The van der Waals surface area contributed by atoms with Gasteiger partial charge < -0.3 is 9.47 Å². The molecule has 116 valence electrons. The van der Waals surface area contributed by atoms with Crippen LogP contribution >= 0.6 is 10.7 Å². The average molecular weight is 337 g/mol. The Morgan fingerprint density at radius 1 is 1.38 bits per heavy atom. The van der Waals surface area contributed by atoms with E-state index in [1.54, 1.807) is 0 Å². The highest BCUT2D eigenvalue weighted by Gasteiger charge is 2.24. The van der Waals surface area contributed by atoms with Crippen molar-refractivity contribution in [1.82, 2.24) is 0 Å². The number of hydrogen-bond donors (Lipinski definition) is 0. The van der Waals surface area contributed by atoms with Gasteiger partial charge >= 0.3 is 5.97 Å². The van der Waals surface area contributed by atoms with Gasteiger partial charge in [-0.1, -0.05) is 0 Å². The molecular formula is C13H14ClFO5S. The Kier molecular flexibility index (Phi) is 4.85.